The molecule has 1 aromatic carbocycles. The third kappa shape index (κ3) is 3.86. The molecule has 0 heterocycles. The fraction of sp³-hybridized carbons (Fsp3) is 0.429. The predicted molar refractivity (Wildman–Crippen MR) is 68.5 cm³/mol. The van der Waals surface area contributed by atoms with Gasteiger partial charge >= 0.3 is 0 Å². The molecule has 0 unspecified atom stereocenters. The molecule has 1 N–H and O–H groups in total. The molecule has 1 aliphatic rings. The highest BCUT2D eigenvalue weighted by Gasteiger charge is 2.22. The number of nitrogens with one attached hydrogen (secondary N) is 1. The number of benzene rings is 1. The van der Waals surface area contributed by atoms with Crippen LogP contribution in [0.1, 0.15) is 18.4 Å². The monoisotopic (exact) mass is 243 g/mol. The summed E-state index contributed by atoms with van der Waals surface area (Å²) in [5, 5.41) is 12.0. The Labute approximate surface area is 107 Å². The maximum absolute atomic E-state index is 12.0. The number of carbonyl (C=O) groups excluding carboxylic acids is 1. The second kappa shape index (κ2) is 6.18. The Morgan fingerprint density at radius 2 is 2.11 bits per heavy atom. The van der Waals surface area contributed by atoms with E-state index >= 15 is 0 Å². The lowest BCUT2D eigenvalue weighted by molar-refractivity contribution is -0.130. The SMILES string of the molecule is N#CCN(Cc1ccccc1)C(=O)CNC1CC1. The molecule has 0 aromatic heterocycles. The Kier molecular flexibility index (Phi) is 4.32. The van der Waals surface area contributed by atoms with Gasteiger partial charge in [-0.1, -0.05) is 30.3 Å². The van der Waals surface area contributed by atoms with E-state index in [0.29, 0.717) is 19.1 Å². The zero-order valence-electron chi connectivity index (χ0n) is 10.3. The van der Waals surface area contributed by atoms with Crippen molar-refractivity contribution >= 4 is 5.91 Å². The van der Waals surface area contributed by atoms with Crippen LogP contribution in [-0.4, -0.2) is 29.9 Å². The van der Waals surface area contributed by atoms with Crippen molar-refractivity contribution in [3.63, 3.8) is 0 Å². The minimum atomic E-state index is -0.00713. The van der Waals surface area contributed by atoms with Crippen molar-refractivity contribution < 1.29 is 4.79 Å². The number of hydrogen-bond acceptors (Lipinski definition) is 3. The van der Waals surface area contributed by atoms with Crippen molar-refractivity contribution in [2.24, 2.45) is 0 Å². The molecule has 0 spiro atoms. The minimum absolute atomic E-state index is 0.00713. The van der Waals surface area contributed by atoms with Gasteiger partial charge in [-0.2, -0.15) is 5.26 Å². The Morgan fingerprint density at radius 1 is 1.39 bits per heavy atom. The second-order valence-electron chi connectivity index (χ2n) is 4.55. The topological polar surface area (TPSA) is 56.1 Å². The van der Waals surface area contributed by atoms with Crippen LogP contribution in [0.15, 0.2) is 30.3 Å². The average Bonchev–Trinajstić information content (AvgIpc) is 3.21. The van der Waals surface area contributed by atoms with Crippen LogP contribution in [0.2, 0.25) is 0 Å². The Morgan fingerprint density at radius 3 is 2.72 bits per heavy atom. The van der Waals surface area contributed by atoms with E-state index in [1.165, 1.54) is 0 Å². The van der Waals surface area contributed by atoms with Gasteiger partial charge in [-0.05, 0) is 18.4 Å². The summed E-state index contributed by atoms with van der Waals surface area (Å²) in [6, 6.07) is 12.3. The predicted octanol–water partition coefficient (Wildman–Crippen LogP) is 1.29. The largest absolute Gasteiger partial charge is 0.324 e. The number of nitriles is 1. The number of rotatable bonds is 6. The first-order valence-electron chi connectivity index (χ1n) is 6.21. The minimum Gasteiger partial charge on any atom is -0.324 e. The summed E-state index contributed by atoms with van der Waals surface area (Å²) >= 11 is 0. The van der Waals surface area contributed by atoms with E-state index in [4.69, 9.17) is 5.26 Å². The van der Waals surface area contributed by atoms with Gasteiger partial charge in [0.1, 0.15) is 6.54 Å². The van der Waals surface area contributed by atoms with Gasteiger partial charge in [0.2, 0.25) is 5.91 Å². The molecule has 1 fully saturated rings. The van der Waals surface area contributed by atoms with Crippen molar-refractivity contribution in [2.75, 3.05) is 13.1 Å². The molecular weight excluding hydrogens is 226 g/mol. The first kappa shape index (κ1) is 12.6. The highest BCUT2D eigenvalue weighted by molar-refractivity contribution is 5.78. The van der Waals surface area contributed by atoms with Crippen LogP contribution >= 0.6 is 0 Å². The molecule has 0 radical (unpaired) electrons. The van der Waals surface area contributed by atoms with Crippen molar-refractivity contribution in [2.45, 2.75) is 25.4 Å². The second-order valence-corrected chi connectivity index (χ2v) is 4.55. The lowest BCUT2D eigenvalue weighted by Crippen LogP contribution is -2.38. The summed E-state index contributed by atoms with van der Waals surface area (Å²) in [5.74, 6) is -0.00713. The van der Waals surface area contributed by atoms with Crippen LogP contribution in [0.4, 0.5) is 0 Å². The highest BCUT2D eigenvalue weighted by Crippen LogP contribution is 2.18. The van der Waals surface area contributed by atoms with Crippen molar-refractivity contribution in [1.82, 2.24) is 10.2 Å². The van der Waals surface area contributed by atoms with E-state index in [-0.39, 0.29) is 12.5 Å². The standard InChI is InChI=1S/C14H17N3O/c15-8-9-17(11-12-4-2-1-3-5-12)14(18)10-16-13-6-7-13/h1-5,13,16H,6-7,9-11H2. The molecule has 0 atom stereocenters. The van der Waals surface area contributed by atoms with Gasteiger partial charge in [-0.25, -0.2) is 0 Å². The molecule has 18 heavy (non-hydrogen) atoms. The normalized spacial score (nSPS) is 13.9. The fourth-order valence-electron chi connectivity index (χ4n) is 1.75. The van der Waals surface area contributed by atoms with Gasteiger partial charge in [0.25, 0.3) is 0 Å². The Bertz CT molecular complexity index is 434. The third-order valence-corrected chi connectivity index (χ3v) is 2.95. The van der Waals surface area contributed by atoms with Crippen LogP contribution < -0.4 is 5.32 Å². The highest BCUT2D eigenvalue weighted by atomic mass is 16.2. The number of hydrogen-bond donors (Lipinski definition) is 1. The third-order valence-electron chi connectivity index (χ3n) is 2.95. The zero-order chi connectivity index (χ0) is 12.8. The molecule has 0 aliphatic heterocycles. The van der Waals surface area contributed by atoms with E-state index in [1.807, 2.05) is 36.4 Å². The van der Waals surface area contributed by atoms with E-state index in [0.717, 1.165) is 18.4 Å². The summed E-state index contributed by atoms with van der Waals surface area (Å²) in [7, 11) is 0. The molecule has 94 valence electrons. The van der Waals surface area contributed by atoms with E-state index in [9.17, 15) is 4.79 Å². The van der Waals surface area contributed by atoms with Gasteiger partial charge in [-0.15, -0.1) is 0 Å². The van der Waals surface area contributed by atoms with Crippen molar-refractivity contribution in [3.05, 3.63) is 35.9 Å². The summed E-state index contributed by atoms with van der Waals surface area (Å²) in [5.41, 5.74) is 1.05. The number of amides is 1. The van der Waals surface area contributed by atoms with Crippen molar-refractivity contribution in [1.29, 1.82) is 5.26 Å². The summed E-state index contributed by atoms with van der Waals surface area (Å²) in [6.45, 7) is 0.971. The van der Waals surface area contributed by atoms with Gasteiger partial charge < -0.3 is 10.2 Å². The van der Waals surface area contributed by atoms with Crippen LogP contribution in [-0.2, 0) is 11.3 Å². The Hall–Kier alpha value is -1.86. The molecule has 4 heteroatoms. The first-order valence-corrected chi connectivity index (χ1v) is 6.21. The fourth-order valence-corrected chi connectivity index (χ4v) is 1.75. The molecule has 1 amide bonds. The van der Waals surface area contributed by atoms with Gasteiger partial charge in [0.15, 0.2) is 0 Å². The molecule has 2 rings (SSSR count). The smallest absolute Gasteiger partial charge is 0.237 e. The Balaban J connectivity index is 1.89. The average molecular weight is 243 g/mol. The number of carbonyl (C=O) groups is 1. The molecular formula is C14H17N3O. The summed E-state index contributed by atoms with van der Waals surface area (Å²) in [4.78, 5) is 13.6. The molecule has 1 aliphatic carbocycles. The van der Waals surface area contributed by atoms with Crippen LogP contribution in [0.5, 0.6) is 0 Å². The molecule has 0 bridgehead atoms. The molecule has 1 aromatic rings. The first-order chi connectivity index (χ1) is 8.79. The molecule has 0 saturated heterocycles. The van der Waals surface area contributed by atoms with E-state index < -0.39 is 0 Å². The lowest BCUT2D eigenvalue weighted by Gasteiger charge is -2.20. The van der Waals surface area contributed by atoms with Crippen molar-refractivity contribution in [3.8, 4) is 6.07 Å². The lowest BCUT2D eigenvalue weighted by atomic mass is 10.2. The van der Waals surface area contributed by atoms with E-state index in [2.05, 4.69) is 5.32 Å². The molecule has 4 nitrogen and oxygen atoms in total. The van der Waals surface area contributed by atoms with Gasteiger partial charge in [0.05, 0.1) is 12.6 Å². The van der Waals surface area contributed by atoms with E-state index in [1.54, 1.807) is 4.90 Å². The zero-order valence-corrected chi connectivity index (χ0v) is 10.3. The molecule has 1 saturated carbocycles. The summed E-state index contributed by atoms with van der Waals surface area (Å²) < 4.78 is 0. The van der Waals surface area contributed by atoms with Crippen LogP contribution in [0.25, 0.3) is 0 Å². The number of nitrogens with zero attached hydrogens (tertiary/aromatic N) is 2. The summed E-state index contributed by atoms with van der Waals surface area (Å²) in [6.07, 6.45) is 2.31. The van der Waals surface area contributed by atoms with Gasteiger partial charge in [-0.3, -0.25) is 4.79 Å². The van der Waals surface area contributed by atoms with Crippen LogP contribution in [0, 0.1) is 11.3 Å². The maximum atomic E-state index is 12.0. The van der Waals surface area contributed by atoms with Gasteiger partial charge in [0, 0.05) is 12.6 Å². The van der Waals surface area contributed by atoms with Crippen LogP contribution in [0.3, 0.4) is 0 Å². The quantitative estimate of drug-likeness (QED) is 0.766. The maximum Gasteiger partial charge on any atom is 0.237 e.